The normalized spacial score (nSPS) is 10.9. The number of anilines is 2. The predicted octanol–water partition coefficient (Wildman–Crippen LogP) is 2.34. The van der Waals surface area contributed by atoms with Crippen molar-refractivity contribution in [2.24, 2.45) is 0 Å². The van der Waals surface area contributed by atoms with Crippen LogP contribution in [0, 0.1) is 0 Å². The van der Waals surface area contributed by atoms with Crippen LogP contribution in [0.1, 0.15) is 21.5 Å². The number of nitrogen functional groups attached to an aromatic ring is 2. The van der Waals surface area contributed by atoms with Crippen molar-refractivity contribution in [3.63, 3.8) is 0 Å². The fourth-order valence-corrected chi connectivity index (χ4v) is 3.31. The number of carboxylic acids is 1. The first-order chi connectivity index (χ1) is 10.5. The van der Waals surface area contributed by atoms with Gasteiger partial charge in [-0.3, -0.25) is 0 Å². The van der Waals surface area contributed by atoms with Crippen molar-refractivity contribution in [3.05, 3.63) is 46.3 Å². The Balaban J connectivity index is 1.80. The van der Waals surface area contributed by atoms with Crippen LogP contribution < -0.4 is 11.5 Å². The molecular weight excluding hydrogens is 300 g/mol. The van der Waals surface area contributed by atoms with Gasteiger partial charge in [0.1, 0.15) is 10.6 Å². The molecule has 7 heteroatoms. The number of benzene rings is 1. The zero-order valence-electron chi connectivity index (χ0n) is 11.6. The van der Waals surface area contributed by atoms with Crippen LogP contribution in [0.5, 0.6) is 0 Å². The number of carbonyl (C=O) groups is 1. The summed E-state index contributed by atoms with van der Waals surface area (Å²) in [5.74, 6) is -0.333. The molecule has 5 N–H and O–H groups in total. The topological polar surface area (TPSA) is 115 Å². The van der Waals surface area contributed by atoms with Gasteiger partial charge in [0.2, 0.25) is 5.95 Å². The smallest absolute Gasteiger partial charge is 0.335 e. The Hall–Kier alpha value is -2.67. The Morgan fingerprint density at radius 1 is 1.14 bits per heavy atom. The zero-order chi connectivity index (χ0) is 15.7. The molecule has 0 aliphatic rings. The Labute approximate surface area is 130 Å². The van der Waals surface area contributed by atoms with Crippen LogP contribution in [0.4, 0.5) is 11.8 Å². The second-order valence-corrected chi connectivity index (χ2v) is 5.77. The van der Waals surface area contributed by atoms with E-state index in [4.69, 9.17) is 16.6 Å². The number of hydrogen-bond acceptors (Lipinski definition) is 6. The molecule has 3 aromatic rings. The van der Waals surface area contributed by atoms with E-state index in [-0.39, 0.29) is 11.5 Å². The summed E-state index contributed by atoms with van der Waals surface area (Å²) in [6.07, 6.45) is 1.57. The summed E-state index contributed by atoms with van der Waals surface area (Å²) >= 11 is 1.49. The maximum absolute atomic E-state index is 10.8. The third-order valence-electron chi connectivity index (χ3n) is 3.44. The lowest BCUT2D eigenvalue weighted by atomic mass is 10.0. The van der Waals surface area contributed by atoms with Gasteiger partial charge >= 0.3 is 5.97 Å². The van der Waals surface area contributed by atoms with Crippen LogP contribution in [0.15, 0.2) is 29.6 Å². The van der Waals surface area contributed by atoms with Gasteiger partial charge in [0, 0.05) is 0 Å². The van der Waals surface area contributed by atoms with Crippen molar-refractivity contribution < 1.29 is 9.90 Å². The van der Waals surface area contributed by atoms with Gasteiger partial charge < -0.3 is 16.6 Å². The highest BCUT2D eigenvalue weighted by Gasteiger charge is 2.11. The molecule has 2 aromatic heterocycles. The standard InChI is InChI=1S/C15H14N4O2S/c16-12-11-10(7-22-13(11)19-15(17)18-12)6-3-8-1-4-9(5-2-8)14(20)21/h1-2,4-5,7H,3,6H2,(H,20,21)(H4,16,17,18,19). The lowest BCUT2D eigenvalue weighted by Crippen LogP contribution is -2.01. The summed E-state index contributed by atoms with van der Waals surface area (Å²) < 4.78 is 0. The number of fused-ring (bicyclic) bond motifs is 1. The molecule has 0 fully saturated rings. The Morgan fingerprint density at radius 3 is 2.55 bits per heavy atom. The Kier molecular flexibility index (Phi) is 3.64. The van der Waals surface area contributed by atoms with Crippen LogP contribution in [0.25, 0.3) is 10.2 Å². The molecule has 2 heterocycles. The van der Waals surface area contributed by atoms with Crippen LogP contribution in [0.3, 0.4) is 0 Å². The molecule has 0 unspecified atom stereocenters. The van der Waals surface area contributed by atoms with Gasteiger partial charge in [0.05, 0.1) is 10.9 Å². The van der Waals surface area contributed by atoms with E-state index in [2.05, 4.69) is 9.97 Å². The highest BCUT2D eigenvalue weighted by atomic mass is 32.1. The SMILES string of the molecule is Nc1nc(N)c2c(CCc3ccc(C(=O)O)cc3)csc2n1. The van der Waals surface area contributed by atoms with Crippen molar-refractivity contribution >= 4 is 39.3 Å². The fraction of sp³-hybridized carbons (Fsp3) is 0.133. The average molecular weight is 314 g/mol. The molecule has 22 heavy (non-hydrogen) atoms. The second kappa shape index (κ2) is 5.61. The molecular formula is C15H14N4O2S. The van der Waals surface area contributed by atoms with Crippen LogP contribution >= 0.6 is 11.3 Å². The first kappa shape index (κ1) is 14.3. The molecule has 6 nitrogen and oxygen atoms in total. The molecule has 1 aromatic carbocycles. The summed E-state index contributed by atoms with van der Waals surface area (Å²) in [7, 11) is 0. The number of rotatable bonds is 4. The summed E-state index contributed by atoms with van der Waals surface area (Å²) in [6.45, 7) is 0. The first-order valence-corrected chi connectivity index (χ1v) is 7.54. The van der Waals surface area contributed by atoms with E-state index < -0.39 is 5.97 Å². The van der Waals surface area contributed by atoms with Gasteiger partial charge in [0.25, 0.3) is 0 Å². The minimum atomic E-state index is -0.919. The van der Waals surface area contributed by atoms with E-state index in [1.54, 1.807) is 12.1 Å². The van der Waals surface area contributed by atoms with Gasteiger partial charge in [-0.15, -0.1) is 11.3 Å². The van der Waals surface area contributed by atoms with Crippen LogP contribution in [0.2, 0.25) is 0 Å². The molecule has 3 rings (SSSR count). The van der Waals surface area contributed by atoms with Gasteiger partial charge in [-0.25, -0.2) is 9.78 Å². The number of aromatic carboxylic acids is 1. The lowest BCUT2D eigenvalue weighted by Gasteiger charge is -2.04. The zero-order valence-corrected chi connectivity index (χ0v) is 12.4. The molecule has 0 aliphatic heterocycles. The van der Waals surface area contributed by atoms with Crippen molar-refractivity contribution in [1.29, 1.82) is 0 Å². The number of thiophene rings is 1. The molecule has 0 aliphatic carbocycles. The maximum atomic E-state index is 10.8. The highest BCUT2D eigenvalue weighted by Crippen LogP contribution is 2.29. The molecule has 0 amide bonds. The minimum Gasteiger partial charge on any atom is -0.478 e. The van der Waals surface area contributed by atoms with Crippen LogP contribution in [-0.2, 0) is 12.8 Å². The van der Waals surface area contributed by atoms with E-state index in [0.29, 0.717) is 5.82 Å². The van der Waals surface area contributed by atoms with Gasteiger partial charge in [-0.2, -0.15) is 4.98 Å². The van der Waals surface area contributed by atoms with E-state index in [0.717, 1.165) is 34.2 Å². The third kappa shape index (κ3) is 2.71. The van der Waals surface area contributed by atoms with Crippen molar-refractivity contribution in [1.82, 2.24) is 9.97 Å². The molecule has 0 saturated heterocycles. The number of nitrogens with two attached hydrogens (primary N) is 2. The molecule has 0 bridgehead atoms. The molecule has 0 radical (unpaired) electrons. The van der Waals surface area contributed by atoms with E-state index >= 15 is 0 Å². The van der Waals surface area contributed by atoms with E-state index in [9.17, 15) is 4.79 Å². The fourth-order valence-electron chi connectivity index (χ4n) is 2.32. The number of carboxylic acid groups (broad SMARTS) is 1. The number of aromatic nitrogens is 2. The van der Waals surface area contributed by atoms with Crippen LogP contribution in [-0.4, -0.2) is 21.0 Å². The summed E-state index contributed by atoms with van der Waals surface area (Å²) in [4.78, 5) is 19.8. The number of hydrogen-bond donors (Lipinski definition) is 3. The van der Waals surface area contributed by atoms with E-state index in [1.165, 1.54) is 11.3 Å². The molecule has 0 atom stereocenters. The van der Waals surface area contributed by atoms with Crippen molar-refractivity contribution in [2.45, 2.75) is 12.8 Å². The molecule has 0 saturated carbocycles. The second-order valence-electron chi connectivity index (χ2n) is 4.91. The van der Waals surface area contributed by atoms with Crippen molar-refractivity contribution in [3.8, 4) is 0 Å². The summed E-state index contributed by atoms with van der Waals surface area (Å²) in [5, 5.41) is 11.8. The summed E-state index contributed by atoms with van der Waals surface area (Å²) in [6, 6.07) is 6.88. The number of aryl methyl sites for hydroxylation is 2. The summed E-state index contributed by atoms with van der Waals surface area (Å²) in [5.41, 5.74) is 14.0. The largest absolute Gasteiger partial charge is 0.478 e. The maximum Gasteiger partial charge on any atom is 0.335 e. The minimum absolute atomic E-state index is 0.183. The molecule has 0 spiro atoms. The Morgan fingerprint density at radius 2 is 1.86 bits per heavy atom. The third-order valence-corrected chi connectivity index (χ3v) is 4.36. The van der Waals surface area contributed by atoms with Gasteiger partial charge in [0.15, 0.2) is 0 Å². The van der Waals surface area contributed by atoms with Crippen molar-refractivity contribution in [2.75, 3.05) is 11.5 Å². The lowest BCUT2D eigenvalue weighted by molar-refractivity contribution is 0.0697. The Bertz CT molecular complexity index is 843. The van der Waals surface area contributed by atoms with Gasteiger partial charge in [-0.1, -0.05) is 12.1 Å². The van der Waals surface area contributed by atoms with Gasteiger partial charge in [-0.05, 0) is 41.5 Å². The monoisotopic (exact) mass is 314 g/mol. The predicted molar refractivity (Wildman–Crippen MR) is 87.0 cm³/mol. The quantitative estimate of drug-likeness (QED) is 0.681. The molecule has 112 valence electrons. The average Bonchev–Trinajstić information content (AvgIpc) is 2.88. The highest BCUT2D eigenvalue weighted by molar-refractivity contribution is 7.17. The van der Waals surface area contributed by atoms with E-state index in [1.807, 2.05) is 17.5 Å². The number of nitrogens with zero attached hydrogens (tertiary/aromatic N) is 2. The first-order valence-electron chi connectivity index (χ1n) is 6.66.